The Balaban J connectivity index is 1.37. The molecular weight excluding hydrogens is 324 g/mol. The van der Waals surface area contributed by atoms with E-state index in [0.717, 1.165) is 54.7 Å². The number of nitrogens with zero attached hydrogens (tertiary/aromatic N) is 3. The Morgan fingerprint density at radius 3 is 3.12 bits per heavy atom. The van der Waals surface area contributed by atoms with Gasteiger partial charge in [0.1, 0.15) is 23.0 Å². The molecule has 0 spiro atoms. The number of hydrogen-bond acceptors (Lipinski definition) is 6. The molecule has 3 aliphatic heterocycles. The predicted molar refractivity (Wildman–Crippen MR) is 92.2 cm³/mol. The Kier molecular flexibility index (Phi) is 3.45. The molecule has 0 aromatic carbocycles. The zero-order chi connectivity index (χ0) is 16.1. The van der Waals surface area contributed by atoms with Gasteiger partial charge in [0.2, 0.25) is 5.91 Å². The highest BCUT2D eigenvalue weighted by atomic mass is 32.1. The van der Waals surface area contributed by atoms with E-state index in [2.05, 4.69) is 20.2 Å². The van der Waals surface area contributed by atoms with Crippen LogP contribution in [0.2, 0.25) is 0 Å². The first-order valence-corrected chi connectivity index (χ1v) is 9.58. The molecule has 5 heterocycles. The van der Waals surface area contributed by atoms with Gasteiger partial charge in [-0.3, -0.25) is 4.79 Å². The summed E-state index contributed by atoms with van der Waals surface area (Å²) in [7, 11) is 0. The van der Waals surface area contributed by atoms with Gasteiger partial charge in [-0.15, -0.1) is 11.3 Å². The minimum Gasteiger partial charge on any atom is -0.373 e. The van der Waals surface area contributed by atoms with Crippen LogP contribution in [0.3, 0.4) is 0 Å². The number of thiophene rings is 1. The fourth-order valence-electron chi connectivity index (χ4n) is 4.37. The molecule has 0 saturated carbocycles. The molecular formula is C17H20N4O2S. The average Bonchev–Trinajstić information content (AvgIpc) is 3.36. The smallest absolute Gasteiger partial charge is 0.243 e. The maximum atomic E-state index is 12.9. The van der Waals surface area contributed by atoms with Gasteiger partial charge >= 0.3 is 0 Å². The molecule has 3 aliphatic rings. The molecule has 2 bridgehead atoms. The number of anilines is 1. The maximum Gasteiger partial charge on any atom is 0.243 e. The normalized spacial score (nSPS) is 31.9. The highest BCUT2D eigenvalue weighted by Crippen LogP contribution is 2.35. The molecule has 1 N–H and O–H groups in total. The Morgan fingerprint density at radius 1 is 1.33 bits per heavy atom. The lowest BCUT2D eigenvalue weighted by Gasteiger charge is -2.28. The fraction of sp³-hybridized carbons (Fsp3) is 0.588. The number of amides is 1. The van der Waals surface area contributed by atoms with E-state index >= 15 is 0 Å². The molecule has 1 amide bonds. The van der Waals surface area contributed by atoms with E-state index < -0.39 is 0 Å². The number of fused-ring (bicyclic) bond motifs is 3. The zero-order valence-electron chi connectivity index (χ0n) is 13.4. The van der Waals surface area contributed by atoms with Crippen LogP contribution < -0.4 is 10.2 Å². The van der Waals surface area contributed by atoms with Crippen LogP contribution in [0, 0.1) is 0 Å². The number of carbonyl (C=O) groups is 1. The number of hydrogen-bond donors (Lipinski definition) is 1. The predicted octanol–water partition coefficient (Wildman–Crippen LogP) is 2.10. The molecule has 4 atom stereocenters. The molecule has 0 radical (unpaired) electrons. The van der Waals surface area contributed by atoms with Gasteiger partial charge in [-0.2, -0.15) is 0 Å². The molecule has 2 aromatic heterocycles. The van der Waals surface area contributed by atoms with Crippen LogP contribution in [0.4, 0.5) is 5.82 Å². The highest BCUT2D eigenvalue weighted by molar-refractivity contribution is 7.16. The number of rotatable bonds is 3. The summed E-state index contributed by atoms with van der Waals surface area (Å²) in [6.45, 7) is 0.868. The monoisotopic (exact) mass is 344 g/mol. The Bertz CT molecular complexity index is 779. The van der Waals surface area contributed by atoms with E-state index in [-0.39, 0.29) is 24.1 Å². The first kappa shape index (κ1) is 14.6. The van der Waals surface area contributed by atoms with Crippen molar-refractivity contribution in [3.63, 3.8) is 0 Å². The summed E-state index contributed by atoms with van der Waals surface area (Å²) in [6.07, 6.45) is 7.25. The fourth-order valence-corrected chi connectivity index (χ4v) is 5.09. The highest BCUT2D eigenvalue weighted by Gasteiger charge is 2.43. The van der Waals surface area contributed by atoms with Crippen LogP contribution in [-0.4, -0.2) is 46.7 Å². The van der Waals surface area contributed by atoms with Crippen molar-refractivity contribution in [3.8, 4) is 0 Å². The second-order valence-corrected chi connectivity index (χ2v) is 7.81. The minimum absolute atomic E-state index is 0.121. The lowest BCUT2D eigenvalue weighted by atomic mass is 9.95. The molecule has 2 aromatic rings. The van der Waals surface area contributed by atoms with Gasteiger partial charge in [-0.1, -0.05) is 0 Å². The van der Waals surface area contributed by atoms with E-state index in [0.29, 0.717) is 6.10 Å². The van der Waals surface area contributed by atoms with Crippen molar-refractivity contribution in [2.45, 2.75) is 56.4 Å². The summed E-state index contributed by atoms with van der Waals surface area (Å²) in [5.41, 5.74) is 0. The van der Waals surface area contributed by atoms with Gasteiger partial charge in [0.25, 0.3) is 0 Å². The first-order valence-electron chi connectivity index (χ1n) is 8.70. The van der Waals surface area contributed by atoms with Gasteiger partial charge in [-0.05, 0) is 43.6 Å². The molecule has 5 rings (SSSR count). The van der Waals surface area contributed by atoms with Crippen molar-refractivity contribution in [2.75, 3.05) is 11.4 Å². The third kappa shape index (κ3) is 2.29. The number of carbonyl (C=O) groups excluding carboxylic acids is 1. The second kappa shape index (κ2) is 5.67. The van der Waals surface area contributed by atoms with Crippen molar-refractivity contribution in [3.05, 3.63) is 17.8 Å². The SMILES string of the molecule is O=C(N[C@H]1C[C@H]2CC[C@H]1O2)[C@H]1CCCN1c1ncnc2sccc12. The standard InChI is InChI=1S/C17H20N4O2S/c22-16(20-12-8-10-3-4-14(12)23-10)13-2-1-6-21(13)15-11-5-7-24-17(11)19-9-18-15/h5,7,9-10,12-14H,1-4,6,8H2,(H,20,22)/t10-,12+,13-,14-/m1/s1. The topological polar surface area (TPSA) is 67.3 Å². The zero-order valence-corrected chi connectivity index (χ0v) is 14.2. The molecule has 0 unspecified atom stereocenters. The second-order valence-electron chi connectivity index (χ2n) is 6.91. The van der Waals surface area contributed by atoms with Crippen LogP contribution in [0.5, 0.6) is 0 Å². The Labute approximate surface area is 144 Å². The van der Waals surface area contributed by atoms with Crippen LogP contribution in [0.15, 0.2) is 17.8 Å². The quantitative estimate of drug-likeness (QED) is 0.923. The van der Waals surface area contributed by atoms with Crippen molar-refractivity contribution >= 4 is 33.3 Å². The maximum absolute atomic E-state index is 12.9. The van der Waals surface area contributed by atoms with Crippen molar-refractivity contribution in [1.82, 2.24) is 15.3 Å². The van der Waals surface area contributed by atoms with Gasteiger partial charge in [0, 0.05) is 6.54 Å². The lowest BCUT2D eigenvalue weighted by Crippen LogP contribution is -2.50. The van der Waals surface area contributed by atoms with Crippen molar-refractivity contribution in [1.29, 1.82) is 0 Å². The third-order valence-corrected chi connectivity index (χ3v) is 6.32. The molecule has 126 valence electrons. The molecule has 7 heteroatoms. The summed E-state index contributed by atoms with van der Waals surface area (Å²) < 4.78 is 5.86. The van der Waals surface area contributed by atoms with Crippen LogP contribution in [0.25, 0.3) is 10.2 Å². The Morgan fingerprint density at radius 2 is 2.29 bits per heavy atom. The molecule has 6 nitrogen and oxygen atoms in total. The summed E-state index contributed by atoms with van der Waals surface area (Å²) >= 11 is 1.61. The molecule has 3 saturated heterocycles. The number of ether oxygens (including phenoxy) is 1. The van der Waals surface area contributed by atoms with Gasteiger partial charge in [0.05, 0.1) is 23.6 Å². The average molecular weight is 344 g/mol. The van der Waals surface area contributed by atoms with Gasteiger partial charge < -0.3 is 15.0 Å². The summed E-state index contributed by atoms with van der Waals surface area (Å²) in [6, 6.07) is 2.10. The molecule has 3 fully saturated rings. The Hall–Kier alpha value is -1.73. The van der Waals surface area contributed by atoms with Crippen LogP contribution in [0.1, 0.15) is 32.1 Å². The van der Waals surface area contributed by atoms with E-state index in [1.807, 2.05) is 11.4 Å². The molecule has 0 aliphatic carbocycles. The van der Waals surface area contributed by atoms with E-state index in [4.69, 9.17) is 4.74 Å². The van der Waals surface area contributed by atoms with Gasteiger partial charge in [0.15, 0.2) is 0 Å². The third-order valence-electron chi connectivity index (χ3n) is 5.50. The van der Waals surface area contributed by atoms with Crippen molar-refractivity contribution in [2.24, 2.45) is 0 Å². The first-order chi connectivity index (χ1) is 11.8. The minimum atomic E-state index is -0.137. The number of nitrogens with one attached hydrogen (secondary N) is 1. The number of aromatic nitrogens is 2. The van der Waals surface area contributed by atoms with Crippen LogP contribution >= 0.6 is 11.3 Å². The molecule has 24 heavy (non-hydrogen) atoms. The van der Waals surface area contributed by atoms with E-state index in [1.165, 1.54) is 0 Å². The van der Waals surface area contributed by atoms with E-state index in [1.54, 1.807) is 17.7 Å². The van der Waals surface area contributed by atoms with Crippen LogP contribution in [-0.2, 0) is 9.53 Å². The summed E-state index contributed by atoms with van der Waals surface area (Å²) in [5.74, 6) is 1.01. The summed E-state index contributed by atoms with van der Waals surface area (Å²) in [5, 5.41) is 6.32. The van der Waals surface area contributed by atoms with Gasteiger partial charge in [-0.25, -0.2) is 9.97 Å². The van der Waals surface area contributed by atoms with E-state index in [9.17, 15) is 4.79 Å². The largest absolute Gasteiger partial charge is 0.373 e. The lowest BCUT2D eigenvalue weighted by molar-refractivity contribution is -0.123. The van der Waals surface area contributed by atoms with Crippen molar-refractivity contribution < 1.29 is 9.53 Å². The summed E-state index contributed by atoms with van der Waals surface area (Å²) in [4.78, 5) is 24.8.